The molecule has 0 bridgehead atoms. The van der Waals surface area contributed by atoms with E-state index in [0.29, 0.717) is 6.04 Å². The average molecular weight is 297 g/mol. The molecule has 1 heterocycles. The molecule has 0 spiro atoms. The van der Waals surface area contributed by atoms with Gasteiger partial charge in [-0.1, -0.05) is 0 Å². The van der Waals surface area contributed by atoms with Crippen LogP contribution in [-0.4, -0.2) is 42.3 Å². The minimum absolute atomic E-state index is 0.0834. The van der Waals surface area contributed by atoms with Crippen LogP contribution in [0.25, 0.3) is 0 Å². The Labute approximate surface area is 126 Å². The van der Waals surface area contributed by atoms with Crippen LogP contribution in [-0.2, 0) is 9.53 Å². The Morgan fingerprint density at radius 1 is 1.24 bits per heavy atom. The van der Waals surface area contributed by atoms with Crippen molar-refractivity contribution in [2.24, 2.45) is 0 Å². The van der Waals surface area contributed by atoms with Crippen molar-refractivity contribution in [1.29, 1.82) is 0 Å². The predicted octanol–water partition coefficient (Wildman–Crippen LogP) is 1.30. The molecule has 0 aromatic heterocycles. The van der Waals surface area contributed by atoms with E-state index in [1.54, 1.807) is 0 Å². The van der Waals surface area contributed by atoms with E-state index < -0.39 is 5.60 Å². The van der Waals surface area contributed by atoms with Gasteiger partial charge in [-0.15, -0.1) is 0 Å². The molecule has 2 fully saturated rings. The number of rotatable bonds is 3. The van der Waals surface area contributed by atoms with Crippen LogP contribution in [0.3, 0.4) is 0 Å². The number of carbonyl (C=O) groups excluding carboxylic acids is 2. The number of ether oxygens (including phenoxy) is 1. The summed E-state index contributed by atoms with van der Waals surface area (Å²) in [4.78, 5) is 23.5. The fraction of sp³-hybridized carbons (Fsp3) is 0.867. The van der Waals surface area contributed by atoms with Crippen molar-refractivity contribution in [2.75, 3.05) is 6.54 Å². The lowest BCUT2D eigenvalue weighted by atomic mass is 9.86. The number of nitrogens with one attached hydrogen (secondary N) is 3. The normalized spacial score (nSPS) is 29.9. The Morgan fingerprint density at radius 2 is 1.95 bits per heavy atom. The van der Waals surface area contributed by atoms with Gasteiger partial charge in [0.05, 0.1) is 6.04 Å². The van der Waals surface area contributed by atoms with Crippen molar-refractivity contribution in [3.8, 4) is 0 Å². The molecule has 1 saturated carbocycles. The summed E-state index contributed by atoms with van der Waals surface area (Å²) < 4.78 is 5.23. The fourth-order valence-electron chi connectivity index (χ4n) is 2.73. The molecular formula is C15H27N3O3. The highest BCUT2D eigenvalue weighted by Crippen LogP contribution is 2.22. The van der Waals surface area contributed by atoms with E-state index in [1.807, 2.05) is 20.8 Å². The van der Waals surface area contributed by atoms with Crippen molar-refractivity contribution in [3.63, 3.8) is 0 Å². The van der Waals surface area contributed by atoms with Gasteiger partial charge in [0, 0.05) is 18.6 Å². The van der Waals surface area contributed by atoms with Crippen molar-refractivity contribution in [2.45, 2.75) is 76.6 Å². The third-order valence-corrected chi connectivity index (χ3v) is 3.83. The molecule has 0 aromatic carbocycles. The van der Waals surface area contributed by atoms with Crippen molar-refractivity contribution in [1.82, 2.24) is 16.0 Å². The van der Waals surface area contributed by atoms with Gasteiger partial charge >= 0.3 is 6.09 Å². The Hall–Kier alpha value is -1.30. The summed E-state index contributed by atoms with van der Waals surface area (Å²) in [6, 6.07) is 0.366. The van der Waals surface area contributed by atoms with Crippen LogP contribution >= 0.6 is 0 Å². The lowest BCUT2D eigenvalue weighted by Gasteiger charge is -2.38. The fourth-order valence-corrected chi connectivity index (χ4v) is 2.73. The van der Waals surface area contributed by atoms with Gasteiger partial charge in [-0.3, -0.25) is 4.79 Å². The zero-order valence-corrected chi connectivity index (χ0v) is 13.2. The zero-order valence-electron chi connectivity index (χ0n) is 13.2. The Balaban J connectivity index is 1.67. The van der Waals surface area contributed by atoms with Crippen molar-refractivity contribution < 1.29 is 14.3 Å². The van der Waals surface area contributed by atoms with Crippen molar-refractivity contribution >= 4 is 12.0 Å². The second-order valence-electron chi connectivity index (χ2n) is 7.02. The zero-order chi connectivity index (χ0) is 15.5. The molecule has 120 valence electrons. The Kier molecular flexibility index (Phi) is 5.08. The van der Waals surface area contributed by atoms with Gasteiger partial charge in [0.1, 0.15) is 5.60 Å². The number of hydrogen-bond donors (Lipinski definition) is 3. The molecule has 2 rings (SSSR count). The molecule has 1 aliphatic heterocycles. The highest BCUT2D eigenvalue weighted by atomic mass is 16.6. The van der Waals surface area contributed by atoms with E-state index in [4.69, 9.17) is 4.74 Å². The van der Waals surface area contributed by atoms with Crippen LogP contribution in [0, 0.1) is 0 Å². The minimum Gasteiger partial charge on any atom is -0.444 e. The van der Waals surface area contributed by atoms with Gasteiger partial charge in [0.2, 0.25) is 5.91 Å². The summed E-state index contributed by atoms with van der Waals surface area (Å²) in [5.41, 5.74) is -0.468. The lowest BCUT2D eigenvalue weighted by molar-refractivity contribution is -0.123. The molecule has 0 aromatic rings. The molecule has 1 unspecified atom stereocenters. The summed E-state index contributed by atoms with van der Waals surface area (Å²) in [6.45, 7) is 6.33. The molecule has 1 saturated heterocycles. The number of hydrogen-bond acceptors (Lipinski definition) is 4. The summed E-state index contributed by atoms with van der Waals surface area (Å²) in [7, 11) is 0. The third kappa shape index (κ3) is 5.19. The molecule has 1 aliphatic carbocycles. The maximum absolute atomic E-state index is 11.8. The first-order valence-electron chi connectivity index (χ1n) is 7.87. The second-order valence-corrected chi connectivity index (χ2v) is 7.02. The highest BCUT2D eigenvalue weighted by Gasteiger charge is 2.34. The lowest BCUT2D eigenvalue weighted by Crippen LogP contribution is -2.57. The van der Waals surface area contributed by atoms with Gasteiger partial charge in [-0.25, -0.2) is 4.79 Å². The maximum Gasteiger partial charge on any atom is 0.407 e. The molecule has 2 amide bonds. The van der Waals surface area contributed by atoms with Crippen LogP contribution in [0.5, 0.6) is 0 Å². The summed E-state index contributed by atoms with van der Waals surface area (Å²) in [6.07, 6.45) is 4.36. The Bertz CT molecular complexity index is 386. The number of alkyl carbamates (subject to hydrolysis) is 1. The van der Waals surface area contributed by atoms with Gasteiger partial charge in [0.15, 0.2) is 0 Å². The van der Waals surface area contributed by atoms with Crippen LogP contribution in [0.15, 0.2) is 0 Å². The largest absolute Gasteiger partial charge is 0.444 e. The molecular weight excluding hydrogens is 270 g/mol. The molecule has 2 aliphatic rings. The van der Waals surface area contributed by atoms with E-state index in [9.17, 15) is 9.59 Å². The number of amides is 2. The summed E-state index contributed by atoms with van der Waals surface area (Å²) >= 11 is 0. The monoisotopic (exact) mass is 297 g/mol. The molecule has 3 N–H and O–H groups in total. The first-order chi connectivity index (χ1) is 9.83. The SMILES string of the molecule is CC(C)(C)OC(=O)NC1CC(NC2CCCCNC2=O)C1. The van der Waals surface area contributed by atoms with Crippen LogP contribution in [0.1, 0.15) is 52.9 Å². The van der Waals surface area contributed by atoms with Crippen molar-refractivity contribution in [3.05, 3.63) is 0 Å². The van der Waals surface area contributed by atoms with Crippen LogP contribution < -0.4 is 16.0 Å². The standard InChI is InChI=1S/C15H27N3O3/c1-15(2,3)21-14(20)18-11-8-10(9-11)17-12-6-4-5-7-16-13(12)19/h10-12,17H,4-9H2,1-3H3,(H,16,19)(H,18,20). The second kappa shape index (κ2) is 6.64. The quantitative estimate of drug-likeness (QED) is 0.733. The van der Waals surface area contributed by atoms with Gasteiger partial charge in [-0.05, 0) is 52.9 Å². The average Bonchev–Trinajstić information content (AvgIpc) is 2.49. The van der Waals surface area contributed by atoms with E-state index >= 15 is 0 Å². The van der Waals surface area contributed by atoms with E-state index in [-0.39, 0.29) is 24.1 Å². The van der Waals surface area contributed by atoms with Gasteiger partial charge < -0.3 is 20.7 Å². The molecule has 6 heteroatoms. The molecule has 6 nitrogen and oxygen atoms in total. The first kappa shape index (κ1) is 16.1. The topological polar surface area (TPSA) is 79.5 Å². The van der Waals surface area contributed by atoms with Gasteiger partial charge in [0.25, 0.3) is 0 Å². The van der Waals surface area contributed by atoms with Crippen LogP contribution in [0.4, 0.5) is 4.79 Å². The summed E-state index contributed by atoms with van der Waals surface area (Å²) in [5, 5.41) is 9.18. The third-order valence-electron chi connectivity index (χ3n) is 3.83. The Morgan fingerprint density at radius 3 is 2.62 bits per heavy atom. The highest BCUT2D eigenvalue weighted by molar-refractivity contribution is 5.82. The smallest absolute Gasteiger partial charge is 0.407 e. The predicted molar refractivity (Wildman–Crippen MR) is 80.0 cm³/mol. The first-order valence-corrected chi connectivity index (χ1v) is 7.87. The maximum atomic E-state index is 11.8. The molecule has 0 radical (unpaired) electrons. The number of carbonyl (C=O) groups is 2. The minimum atomic E-state index is -0.468. The molecule has 1 atom stereocenters. The summed E-state index contributed by atoms with van der Waals surface area (Å²) in [5.74, 6) is 0.107. The van der Waals surface area contributed by atoms with E-state index in [0.717, 1.165) is 38.6 Å². The molecule has 21 heavy (non-hydrogen) atoms. The van der Waals surface area contributed by atoms with Crippen LogP contribution in [0.2, 0.25) is 0 Å². The van der Waals surface area contributed by atoms with E-state index in [2.05, 4.69) is 16.0 Å². The van der Waals surface area contributed by atoms with Gasteiger partial charge in [-0.2, -0.15) is 0 Å². The van der Waals surface area contributed by atoms with E-state index in [1.165, 1.54) is 0 Å².